The molecule has 0 atom stereocenters. The third kappa shape index (κ3) is 4.65. The van der Waals surface area contributed by atoms with Crippen LogP contribution >= 0.6 is 11.8 Å². The maximum Gasteiger partial charge on any atom is 0.261 e. The van der Waals surface area contributed by atoms with Gasteiger partial charge in [0.15, 0.2) is 0 Å². The van der Waals surface area contributed by atoms with Crippen molar-refractivity contribution in [1.82, 2.24) is 9.38 Å². The first kappa shape index (κ1) is 21.1. The van der Waals surface area contributed by atoms with Crippen LogP contribution in [0.4, 0.5) is 5.69 Å². The highest BCUT2D eigenvalue weighted by atomic mass is 32.2. The summed E-state index contributed by atoms with van der Waals surface area (Å²) >= 11 is 1.42. The van der Waals surface area contributed by atoms with E-state index in [1.54, 1.807) is 42.6 Å². The van der Waals surface area contributed by atoms with E-state index in [4.69, 9.17) is 0 Å². The lowest BCUT2D eigenvalue weighted by molar-refractivity contribution is 0.601. The molecule has 4 rings (SSSR count). The fourth-order valence-corrected chi connectivity index (χ4v) is 5.18. The number of pyridine rings is 1. The maximum atomic E-state index is 12.8. The van der Waals surface area contributed by atoms with Crippen LogP contribution in [-0.4, -0.2) is 17.8 Å². The summed E-state index contributed by atoms with van der Waals surface area (Å²) in [6, 6.07) is 19.1. The topological polar surface area (TPSA) is 80.5 Å². The first-order chi connectivity index (χ1) is 14.8. The molecule has 158 valence electrons. The molecule has 0 unspecified atom stereocenters. The molecular weight excluding hydrogens is 430 g/mol. The molecule has 0 aliphatic rings. The third-order valence-electron chi connectivity index (χ3n) is 4.78. The van der Waals surface area contributed by atoms with Crippen LogP contribution in [0.5, 0.6) is 0 Å². The van der Waals surface area contributed by atoms with E-state index in [0.717, 1.165) is 16.0 Å². The second-order valence-electron chi connectivity index (χ2n) is 7.17. The second-order valence-corrected chi connectivity index (χ2v) is 9.87. The normalized spacial score (nSPS) is 11.5. The highest BCUT2D eigenvalue weighted by Gasteiger charge is 2.16. The van der Waals surface area contributed by atoms with Crippen molar-refractivity contribution in [1.29, 1.82) is 0 Å². The number of thioether (sulfide) groups is 1. The third-order valence-corrected chi connectivity index (χ3v) is 7.27. The van der Waals surface area contributed by atoms with Gasteiger partial charge in [0.2, 0.25) is 0 Å². The molecule has 0 radical (unpaired) electrons. The summed E-state index contributed by atoms with van der Waals surface area (Å²) in [5.41, 5.74) is 3.51. The van der Waals surface area contributed by atoms with Crippen LogP contribution in [-0.2, 0) is 15.8 Å². The molecule has 2 aromatic heterocycles. The molecule has 6 nitrogen and oxygen atoms in total. The summed E-state index contributed by atoms with van der Waals surface area (Å²) in [5.74, 6) is 0.434. The summed E-state index contributed by atoms with van der Waals surface area (Å²) in [6.07, 6.45) is 1.70. The summed E-state index contributed by atoms with van der Waals surface area (Å²) in [5, 5.41) is 0. The molecule has 31 heavy (non-hydrogen) atoms. The number of hydrogen-bond donors (Lipinski definition) is 1. The SMILES string of the molecule is Cc1ccc(S(=O)(=O)Nc2ccccc2SCc2cc(=O)n3cccc(C)c3n2)cc1. The summed E-state index contributed by atoms with van der Waals surface area (Å²) in [6.45, 7) is 3.82. The number of aryl methyl sites for hydroxylation is 2. The molecule has 0 aliphatic heterocycles. The molecule has 0 saturated carbocycles. The van der Waals surface area contributed by atoms with Gasteiger partial charge in [-0.25, -0.2) is 13.4 Å². The number of anilines is 1. The lowest BCUT2D eigenvalue weighted by Gasteiger charge is -2.13. The first-order valence-corrected chi connectivity index (χ1v) is 12.1. The van der Waals surface area contributed by atoms with Crippen molar-refractivity contribution in [2.45, 2.75) is 29.4 Å². The fraction of sp³-hybridized carbons (Fsp3) is 0.130. The largest absolute Gasteiger partial charge is 0.278 e. The van der Waals surface area contributed by atoms with Crippen molar-refractivity contribution in [2.75, 3.05) is 4.72 Å². The molecule has 1 N–H and O–H groups in total. The number of fused-ring (bicyclic) bond motifs is 1. The number of para-hydroxylation sites is 1. The number of rotatable bonds is 6. The minimum atomic E-state index is -3.71. The number of benzene rings is 2. The van der Waals surface area contributed by atoms with Crippen LogP contribution in [0.15, 0.2) is 87.5 Å². The Hall–Kier alpha value is -3.10. The zero-order valence-corrected chi connectivity index (χ0v) is 18.7. The molecule has 0 amide bonds. The summed E-state index contributed by atoms with van der Waals surface area (Å²) in [4.78, 5) is 18.0. The van der Waals surface area contributed by atoms with Crippen LogP contribution in [0.1, 0.15) is 16.8 Å². The molecular formula is C23H21N3O3S2. The maximum absolute atomic E-state index is 12.8. The van der Waals surface area contributed by atoms with Gasteiger partial charge in [0.25, 0.3) is 15.6 Å². The Morgan fingerprint density at radius 1 is 1.00 bits per heavy atom. The minimum Gasteiger partial charge on any atom is -0.278 e. The number of hydrogen-bond acceptors (Lipinski definition) is 5. The number of aromatic nitrogens is 2. The molecule has 0 spiro atoms. The van der Waals surface area contributed by atoms with Crippen molar-refractivity contribution in [3.05, 3.63) is 100 Å². The van der Waals surface area contributed by atoms with E-state index in [9.17, 15) is 13.2 Å². The highest BCUT2D eigenvalue weighted by molar-refractivity contribution is 7.98. The van der Waals surface area contributed by atoms with E-state index >= 15 is 0 Å². The first-order valence-electron chi connectivity index (χ1n) is 9.63. The molecule has 0 saturated heterocycles. The number of nitrogens with zero attached hydrogens (tertiary/aromatic N) is 2. The lowest BCUT2D eigenvalue weighted by atomic mass is 10.2. The zero-order chi connectivity index (χ0) is 22.0. The zero-order valence-electron chi connectivity index (χ0n) is 17.1. The van der Waals surface area contributed by atoms with Gasteiger partial charge in [0.05, 0.1) is 16.3 Å². The molecule has 2 heterocycles. The van der Waals surface area contributed by atoms with Gasteiger partial charge in [-0.3, -0.25) is 13.9 Å². The van der Waals surface area contributed by atoms with E-state index in [1.165, 1.54) is 22.2 Å². The fourth-order valence-electron chi connectivity index (χ4n) is 3.13. The van der Waals surface area contributed by atoms with Crippen molar-refractivity contribution in [2.24, 2.45) is 0 Å². The van der Waals surface area contributed by atoms with Crippen molar-refractivity contribution in [3.8, 4) is 0 Å². The van der Waals surface area contributed by atoms with Gasteiger partial charge >= 0.3 is 0 Å². The van der Waals surface area contributed by atoms with E-state index in [1.807, 2.05) is 38.1 Å². The van der Waals surface area contributed by atoms with Crippen LogP contribution in [0.2, 0.25) is 0 Å². The van der Waals surface area contributed by atoms with Gasteiger partial charge in [-0.1, -0.05) is 35.9 Å². The van der Waals surface area contributed by atoms with E-state index in [-0.39, 0.29) is 10.5 Å². The van der Waals surface area contributed by atoms with E-state index in [2.05, 4.69) is 9.71 Å². The van der Waals surface area contributed by atoms with Crippen LogP contribution in [0.25, 0.3) is 5.65 Å². The summed E-state index contributed by atoms with van der Waals surface area (Å²) in [7, 11) is -3.71. The van der Waals surface area contributed by atoms with Gasteiger partial charge in [-0.05, 0) is 49.7 Å². The molecule has 0 fully saturated rings. The van der Waals surface area contributed by atoms with Gasteiger partial charge in [-0.15, -0.1) is 11.8 Å². The van der Waals surface area contributed by atoms with Crippen LogP contribution in [0, 0.1) is 13.8 Å². The molecule has 8 heteroatoms. The summed E-state index contributed by atoms with van der Waals surface area (Å²) < 4.78 is 29.8. The van der Waals surface area contributed by atoms with E-state index < -0.39 is 10.0 Å². The van der Waals surface area contributed by atoms with Gasteiger partial charge in [0.1, 0.15) is 5.65 Å². The van der Waals surface area contributed by atoms with Gasteiger partial charge in [-0.2, -0.15) is 0 Å². The molecule has 2 aromatic carbocycles. The predicted molar refractivity (Wildman–Crippen MR) is 124 cm³/mol. The van der Waals surface area contributed by atoms with Crippen molar-refractivity contribution in [3.63, 3.8) is 0 Å². The lowest BCUT2D eigenvalue weighted by Crippen LogP contribution is -2.16. The minimum absolute atomic E-state index is 0.141. The Kier molecular flexibility index (Phi) is 5.84. The van der Waals surface area contributed by atoms with E-state index in [0.29, 0.717) is 22.8 Å². The second kappa shape index (κ2) is 8.56. The highest BCUT2D eigenvalue weighted by Crippen LogP contribution is 2.31. The quantitative estimate of drug-likeness (QED) is 0.440. The smallest absolute Gasteiger partial charge is 0.261 e. The van der Waals surface area contributed by atoms with Gasteiger partial charge < -0.3 is 0 Å². The average Bonchev–Trinajstić information content (AvgIpc) is 2.74. The van der Waals surface area contributed by atoms with Crippen LogP contribution < -0.4 is 10.3 Å². The predicted octanol–water partition coefficient (Wildman–Crippen LogP) is 4.40. The molecule has 4 aromatic rings. The van der Waals surface area contributed by atoms with Gasteiger partial charge in [0, 0.05) is 22.9 Å². The Morgan fingerprint density at radius 3 is 2.52 bits per heavy atom. The Bertz CT molecular complexity index is 1410. The monoisotopic (exact) mass is 451 g/mol. The van der Waals surface area contributed by atoms with Crippen LogP contribution in [0.3, 0.4) is 0 Å². The van der Waals surface area contributed by atoms with Crippen molar-refractivity contribution >= 4 is 33.1 Å². The Balaban J connectivity index is 1.58. The molecule has 0 aliphatic carbocycles. The van der Waals surface area contributed by atoms with Crippen molar-refractivity contribution < 1.29 is 8.42 Å². The Labute approximate surface area is 185 Å². The Morgan fingerprint density at radius 2 is 1.74 bits per heavy atom. The number of sulfonamides is 1. The average molecular weight is 452 g/mol. The standard InChI is InChI=1S/C23H21N3O3S2/c1-16-9-11-19(12-10-16)31(28,29)25-20-7-3-4-8-21(20)30-15-18-14-22(27)26-13-5-6-17(2)23(26)24-18/h3-14,25H,15H2,1-2H3. The number of nitrogens with one attached hydrogen (secondary N) is 1. The molecule has 0 bridgehead atoms.